The van der Waals surface area contributed by atoms with Gasteiger partial charge in [-0.25, -0.2) is 0 Å². The molecular formula is C21H20BrNO3. The number of hydrogen-bond acceptors (Lipinski definition) is 3. The number of carbonyl (C=O) groups is 1. The Kier molecular flexibility index (Phi) is 5.18. The van der Waals surface area contributed by atoms with Crippen LogP contribution in [0.25, 0.3) is 16.5 Å². The van der Waals surface area contributed by atoms with Crippen LogP contribution in [-0.4, -0.2) is 13.0 Å². The highest BCUT2D eigenvalue weighted by Gasteiger charge is 2.12. The van der Waals surface area contributed by atoms with Crippen molar-refractivity contribution < 1.29 is 13.9 Å². The van der Waals surface area contributed by atoms with Gasteiger partial charge in [-0.15, -0.1) is 0 Å². The molecule has 3 aromatic rings. The largest absolute Gasteiger partial charge is 0.496 e. The monoisotopic (exact) mass is 413 g/mol. The fraction of sp³-hybridized carbons (Fsp3) is 0.190. The van der Waals surface area contributed by atoms with Crippen LogP contribution in [0.5, 0.6) is 5.75 Å². The number of ether oxygens (including phenoxy) is 1. The lowest BCUT2D eigenvalue weighted by Crippen LogP contribution is -2.09. The number of allylic oxidation sites excluding steroid dienone is 1. The summed E-state index contributed by atoms with van der Waals surface area (Å²) in [5.41, 5.74) is 5.28. The van der Waals surface area contributed by atoms with Gasteiger partial charge in [-0.2, -0.15) is 0 Å². The third-order valence-corrected chi connectivity index (χ3v) is 4.80. The van der Waals surface area contributed by atoms with Crippen LogP contribution in [0.3, 0.4) is 0 Å². The van der Waals surface area contributed by atoms with Gasteiger partial charge in [0.1, 0.15) is 11.3 Å². The summed E-state index contributed by atoms with van der Waals surface area (Å²) in [6, 6.07) is 9.59. The van der Waals surface area contributed by atoms with E-state index in [-0.39, 0.29) is 5.91 Å². The Morgan fingerprint density at radius 1 is 1.19 bits per heavy atom. The zero-order chi connectivity index (χ0) is 18.8. The van der Waals surface area contributed by atoms with E-state index in [1.807, 2.05) is 51.1 Å². The molecule has 0 unspecified atom stereocenters. The molecule has 0 radical (unpaired) electrons. The predicted molar refractivity (Wildman–Crippen MR) is 109 cm³/mol. The standard InChI is InChI=1S/C21H20BrNO3/c1-12(8-21(24)23-18-6-5-15(22)7-13(18)2)16-9-17-14(3)11-26-20(17)10-19(16)25-4/h5-11H,1-4H3,(H,23,24)/b12-8+. The quantitative estimate of drug-likeness (QED) is 0.544. The molecule has 0 aliphatic carbocycles. The van der Waals surface area contributed by atoms with Gasteiger partial charge in [-0.1, -0.05) is 15.9 Å². The Bertz CT molecular complexity index is 1020. The molecule has 2 aromatic carbocycles. The number of halogens is 1. The van der Waals surface area contributed by atoms with Gasteiger partial charge in [0.2, 0.25) is 5.91 Å². The first-order valence-electron chi connectivity index (χ1n) is 8.20. The zero-order valence-corrected chi connectivity index (χ0v) is 16.7. The van der Waals surface area contributed by atoms with E-state index in [1.54, 1.807) is 19.4 Å². The maximum absolute atomic E-state index is 12.5. The van der Waals surface area contributed by atoms with Crippen molar-refractivity contribution in [3.8, 4) is 5.75 Å². The first-order chi connectivity index (χ1) is 12.4. The highest BCUT2D eigenvalue weighted by atomic mass is 79.9. The number of rotatable bonds is 4. The summed E-state index contributed by atoms with van der Waals surface area (Å²) in [5.74, 6) is 0.493. The number of fused-ring (bicyclic) bond motifs is 1. The molecule has 1 aromatic heterocycles. The van der Waals surface area contributed by atoms with Crippen LogP contribution in [0.4, 0.5) is 5.69 Å². The van der Waals surface area contributed by atoms with E-state index in [0.29, 0.717) is 5.75 Å². The molecule has 134 valence electrons. The van der Waals surface area contributed by atoms with Crippen molar-refractivity contribution in [1.82, 2.24) is 0 Å². The fourth-order valence-corrected chi connectivity index (χ4v) is 3.35. The minimum atomic E-state index is -0.181. The molecule has 5 heteroatoms. The van der Waals surface area contributed by atoms with Crippen LogP contribution in [0.15, 0.2) is 51.6 Å². The van der Waals surface area contributed by atoms with Gasteiger partial charge in [0.25, 0.3) is 0 Å². The van der Waals surface area contributed by atoms with Crippen LogP contribution >= 0.6 is 15.9 Å². The van der Waals surface area contributed by atoms with Crippen LogP contribution in [0.1, 0.15) is 23.6 Å². The number of benzene rings is 2. The number of hydrogen-bond donors (Lipinski definition) is 1. The van der Waals surface area contributed by atoms with Gasteiger partial charge in [-0.3, -0.25) is 4.79 Å². The number of nitrogens with one attached hydrogen (secondary N) is 1. The van der Waals surface area contributed by atoms with E-state index in [4.69, 9.17) is 9.15 Å². The van der Waals surface area contributed by atoms with Crippen molar-refractivity contribution in [1.29, 1.82) is 0 Å². The van der Waals surface area contributed by atoms with Crippen LogP contribution in [0.2, 0.25) is 0 Å². The Morgan fingerprint density at radius 3 is 2.65 bits per heavy atom. The Balaban J connectivity index is 1.92. The molecule has 4 nitrogen and oxygen atoms in total. The van der Waals surface area contributed by atoms with Crippen LogP contribution in [0, 0.1) is 13.8 Å². The van der Waals surface area contributed by atoms with Crippen molar-refractivity contribution in [3.63, 3.8) is 0 Å². The number of amides is 1. The summed E-state index contributed by atoms with van der Waals surface area (Å²) >= 11 is 3.43. The van der Waals surface area contributed by atoms with Crippen molar-refractivity contribution in [2.24, 2.45) is 0 Å². The number of anilines is 1. The minimum absolute atomic E-state index is 0.181. The summed E-state index contributed by atoms with van der Waals surface area (Å²) < 4.78 is 12.0. The maximum Gasteiger partial charge on any atom is 0.248 e. The van der Waals surface area contributed by atoms with Crippen molar-refractivity contribution in [2.75, 3.05) is 12.4 Å². The second-order valence-corrected chi connectivity index (χ2v) is 7.16. The van der Waals surface area contributed by atoms with Crippen LogP contribution in [-0.2, 0) is 4.79 Å². The first kappa shape index (κ1) is 18.3. The summed E-state index contributed by atoms with van der Waals surface area (Å²) in [6.07, 6.45) is 3.30. The third kappa shape index (κ3) is 3.68. The summed E-state index contributed by atoms with van der Waals surface area (Å²) in [5, 5.41) is 3.94. The topological polar surface area (TPSA) is 51.5 Å². The molecule has 1 amide bonds. The van der Waals surface area contributed by atoms with Crippen molar-refractivity contribution >= 4 is 44.1 Å². The van der Waals surface area contributed by atoms with E-state index in [2.05, 4.69) is 21.2 Å². The molecule has 0 aliphatic heterocycles. The lowest BCUT2D eigenvalue weighted by atomic mass is 10.0. The van der Waals surface area contributed by atoms with Crippen LogP contribution < -0.4 is 10.1 Å². The molecule has 1 N–H and O–H groups in total. The molecule has 0 saturated heterocycles. The van der Waals surface area contributed by atoms with Gasteiger partial charge in [-0.05, 0) is 61.7 Å². The number of carbonyl (C=O) groups excluding carboxylic acids is 1. The molecular weight excluding hydrogens is 394 g/mol. The summed E-state index contributed by atoms with van der Waals surface area (Å²) in [7, 11) is 1.61. The second-order valence-electron chi connectivity index (χ2n) is 6.24. The smallest absolute Gasteiger partial charge is 0.248 e. The Labute approximate surface area is 161 Å². The molecule has 0 spiro atoms. The van der Waals surface area contributed by atoms with E-state index in [0.717, 1.165) is 43.4 Å². The average molecular weight is 414 g/mol. The SMILES string of the molecule is COc1cc2occ(C)c2cc1/C(C)=C/C(=O)Nc1ccc(Br)cc1C. The lowest BCUT2D eigenvalue weighted by molar-refractivity contribution is -0.111. The Morgan fingerprint density at radius 2 is 1.96 bits per heavy atom. The minimum Gasteiger partial charge on any atom is -0.496 e. The molecule has 0 aliphatic rings. The summed E-state index contributed by atoms with van der Waals surface area (Å²) in [6.45, 7) is 5.84. The van der Waals surface area contributed by atoms with E-state index in [1.165, 1.54) is 0 Å². The predicted octanol–water partition coefficient (Wildman–Crippen LogP) is 5.86. The highest BCUT2D eigenvalue weighted by Crippen LogP contribution is 2.33. The molecule has 1 heterocycles. The average Bonchev–Trinajstić information content (AvgIpc) is 2.96. The van der Waals surface area contributed by atoms with Gasteiger partial charge >= 0.3 is 0 Å². The maximum atomic E-state index is 12.5. The lowest BCUT2D eigenvalue weighted by Gasteiger charge is -2.10. The molecule has 0 bridgehead atoms. The zero-order valence-electron chi connectivity index (χ0n) is 15.1. The van der Waals surface area contributed by atoms with Gasteiger partial charge in [0.15, 0.2) is 0 Å². The normalized spacial score (nSPS) is 11.7. The first-order valence-corrected chi connectivity index (χ1v) is 9.00. The fourth-order valence-electron chi connectivity index (χ4n) is 2.87. The highest BCUT2D eigenvalue weighted by molar-refractivity contribution is 9.10. The van der Waals surface area contributed by atoms with Gasteiger partial charge in [0.05, 0.1) is 13.4 Å². The van der Waals surface area contributed by atoms with Crippen molar-refractivity contribution in [2.45, 2.75) is 20.8 Å². The number of methoxy groups -OCH3 is 1. The summed E-state index contributed by atoms with van der Waals surface area (Å²) in [4.78, 5) is 12.5. The van der Waals surface area contributed by atoms with E-state index >= 15 is 0 Å². The number of aryl methyl sites for hydroxylation is 2. The number of furan rings is 1. The molecule has 26 heavy (non-hydrogen) atoms. The third-order valence-electron chi connectivity index (χ3n) is 4.31. The molecule has 0 saturated carbocycles. The molecule has 0 fully saturated rings. The van der Waals surface area contributed by atoms with E-state index in [9.17, 15) is 4.79 Å². The van der Waals surface area contributed by atoms with Gasteiger partial charge < -0.3 is 14.5 Å². The Hall–Kier alpha value is -2.53. The molecule has 0 atom stereocenters. The second kappa shape index (κ2) is 7.38. The van der Waals surface area contributed by atoms with Gasteiger partial charge in [0, 0.05) is 33.3 Å². The van der Waals surface area contributed by atoms with E-state index < -0.39 is 0 Å². The van der Waals surface area contributed by atoms with Crippen molar-refractivity contribution in [3.05, 3.63) is 63.8 Å². The molecule has 3 rings (SSSR count).